The van der Waals surface area contributed by atoms with Gasteiger partial charge in [0.2, 0.25) is 11.7 Å². The molecule has 32 heavy (non-hydrogen) atoms. The Bertz CT molecular complexity index is 1460. The molecule has 0 bridgehead atoms. The summed E-state index contributed by atoms with van der Waals surface area (Å²) in [6.07, 6.45) is 3.54. The largest absolute Gasteiger partial charge is 0.339 e. The maximum atomic E-state index is 13.2. The average Bonchev–Trinajstić information content (AvgIpc) is 3.41. The van der Waals surface area contributed by atoms with Crippen LogP contribution in [-0.4, -0.2) is 25.4 Å². The third-order valence-electron chi connectivity index (χ3n) is 5.47. The van der Waals surface area contributed by atoms with Crippen molar-refractivity contribution >= 4 is 17.2 Å². The van der Waals surface area contributed by atoms with E-state index < -0.39 is 0 Å². The van der Waals surface area contributed by atoms with Crippen molar-refractivity contribution in [1.29, 1.82) is 0 Å². The van der Waals surface area contributed by atoms with Crippen LogP contribution in [0.5, 0.6) is 0 Å². The van der Waals surface area contributed by atoms with E-state index in [2.05, 4.69) is 39.5 Å². The van der Waals surface area contributed by atoms with Crippen molar-refractivity contribution in [3.63, 3.8) is 0 Å². The van der Waals surface area contributed by atoms with E-state index in [4.69, 9.17) is 4.52 Å². The normalized spacial score (nSPS) is 11.1. The number of anilines is 1. The molecular formula is C25H21N5O2. The van der Waals surface area contributed by atoms with E-state index in [0.717, 1.165) is 22.3 Å². The number of nitrogens with zero attached hydrogens (tertiary/aromatic N) is 4. The number of aromatic nitrogens is 4. The number of pyridine rings is 1. The topological polar surface area (TPSA) is 85.3 Å². The molecular weight excluding hydrogens is 402 g/mol. The van der Waals surface area contributed by atoms with Crippen LogP contribution in [0.25, 0.3) is 28.2 Å². The Labute approximate surface area is 184 Å². The molecule has 0 saturated heterocycles. The SMILES string of the molecule is Cc1nc(-c2ccc(C)c(NC(=O)c3cnc4ccc(-c5ccccc5C)cn34)c2)no1. The van der Waals surface area contributed by atoms with E-state index in [9.17, 15) is 4.79 Å². The number of benzene rings is 2. The van der Waals surface area contributed by atoms with Gasteiger partial charge in [-0.2, -0.15) is 4.98 Å². The second kappa shape index (κ2) is 7.77. The summed E-state index contributed by atoms with van der Waals surface area (Å²) < 4.78 is 6.89. The van der Waals surface area contributed by atoms with Crippen molar-refractivity contribution in [3.05, 3.63) is 89.7 Å². The Balaban J connectivity index is 1.49. The van der Waals surface area contributed by atoms with Gasteiger partial charge in [0.25, 0.3) is 5.91 Å². The number of rotatable bonds is 4. The maximum absolute atomic E-state index is 13.2. The Morgan fingerprint density at radius 1 is 0.969 bits per heavy atom. The molecule has 0 aliphatic carbocycles. The van der Waals surface area contributed by atoms with Gasteiger partial charge in [-0.05, 0) is 54.3 Å². The fourth-order valence-electron chi connectivity index (χ4n) is 3.70. The number of carbonyl (C=O) groups excluding carboxylic acids is 1. The summed E-state index contributed by atoms with van der Waals surface area (Å²) in [5, 5.41) is 6.97. The number of imidazole rings is 1. The highest BCUT2D eigenvalue weighted by Gasteiger charge is 2.16. The van der Waals surface area contributed by atoms with Crippen LogP contribution in [0.2, 0.25) is 0 Å². The minimum atomic E-state index is -0.246. The first-order chi connectivity index (χ1) is 15.5. The van der Waals surface area contributed by atoms with Crippen LogP contribution in [-0.2, 0) is 0 Å². The van der Waals surface area contributed by atoms with E-state index in [0.29, 0.717) is 28.7 Å². The van der Waals surface area contributed by atoms with Crippen molar-refractivity contribution in [3.8, 4) is 22.5 Å². The van der Waals surface area contributed by atoms with Gasteiger partial charge < -0.3 is 9.84 Å². The summed E-state index contributed by atoms with van der Waals surface area (Å²) in [4.78, 5) is 21.8. The number of hydrogen-bond donors (Lipinski definition) is 1. The van der Waals surface area contributed by atoms with Gasteiger partial charge in [0.05, 0.1) is 6.20 Å². The molecule has 0 unspecified atom stereocenters. The summed E-state index contributed by atoms with van der Waals surface area (Å²) in [6, 6.07) is 17.8. The van der Waals surface area contributed by atoms with Crippen LogP contribution >= 0.6 is 0 Å². The molecule has 3 heterocycles. The van der Waals surface area contributed by atoms with Gasteiger partial charge in [-0.1, -0.05) is 41.6 Å². The highest BCUT2D eigenvalue weighted by atomic mass is 16.5. The molecule has 0 spiro atoms. The molecule has 3 aromatic heterocycles. The Morgan fingerprint density at radius 2 is 1.78 bits per heavy atom. The van der Waals surface area contributed by atoms with Crippen LogP contribution in [0.15, 0.2) is 71.5 Å². The minimum absolute atomic E-state index is 0.246. The van der Waals surface area contributed by atoms with E-state index in [-0.39, 0.29) is 5.91 Å². The third-order valence-corrected chi connectivity index (χ3v) is 5.47. The van der Waals surface area contributed by atoms with Crippen molar-refractivity contribution in [2.75, 3.05) is 5.32 Å². The van der Waals surface area contributed by atoms with Crippen LogP contribution in [0, 0.1) is 20.8 Å². The van der Waals surface area contributed by atoms with Crippen LogP contribution in [0.1, 0.15) is 27.5 Å². The molecule has 0 fully saturated rings. The van der Waals surface area contributed by atoms with Crippen molar-refractivity contribution < 1.29 is 9.32 Å². The zero-order valence-electron chi connectivity index (χ0n) is 18.0. The number of hydrogen-bond acceptors (Lipinski definition) is 5. The molecule has 1 amide bonds. The fraction of sp³-hybridized carbons (Fsp3) is 0.120. The quantitative estimate of drug-likeness (QED) is 0.428. The first-order valence-electron chi connectivity index (χ1n) is 10.3. The monoisotopic (exact) mass is 423 g/mol. The lowest BCUT2D eigenvalue weighted by Crippen LogP contribution is -2.15. The van der Waals surface area contributed by atoms with E-state index in [1.54, 1.807) is 13.1 Å². The highest BCUT2D eigenvalue weighted by molar-refractivity contribution is 6.04. The Morgan fingerprint density at radius 3 is 2.56 bits per heavy atom. The van der Waals surface area contributed by atoms with Gasteiger partial charge >= 0.3 is 0 Å². The first-order valence-corrected chi connectivity index (χ1v) is 10.3. The second-order valence-electron chi connectivity index (χ2n) is 7.73. The highest BCUT2D eigenvalue weighted by Crippen LogP contribution is 2.26. The average molecular weight is 423 g/mol. The summed E-state index contributed by atoms with van der Waals surface area (Å²) >= 11 is 0. The van der Waals surface area contributed by atoms with E-state index in [1.165, 1.54) is 5.56 Å². The standard InChI is InChI=1S/C25H21N5O2/c1-15-6-4-5-7-20(15)19-10-11-23-26-13-22(30(23)14-19)25(31)28-21-12-18(9-8-16(21)2)24-27-17(3)32-29-24/h4-14H,1-3H3,(H,28,31). The van der Waals surface area contributed by atoms with Gasteiger partial charge in [0, 0.05) is 24.4 Å². The molecule has 0 aliphatic heterocycles. The van der Waals surface area contributed by atoms with Gasteiger partial charge in [-0.25, -0.2) is 4.98 Å². The van der Waals surface area contributed by atoms with Crippen molar-refractivity contribution in [1.82, 2.24) is 19.5 Å². The predicted molar refractivity (Wildman–Crippen MR) is 123 cm³/mol. The van der Waals surface area contributed by atoms with Gasteiger partial charge in [-0.3, -0.25) is 9.20 Å². The summed E-state index contributed by atoms with van der Waals surface area (Å²) in [6.45, 7) is 5.75. The van der Waals surface area contributed by atoms with Crippen LogP contribution < -0.4 is 5.32 Å². The molecule has 0 atom stereocenters. The summed E-state index contributed by atoms with van der Waals surface area (Å²) in [7, 11) is 0. The molecule has 0 radical (unpaired) electrons. The van der Waals surface area contributed by atoms with Gasteiger partial charge in [0.15, 0.2) is 0 Å². The second-order valence-corrected chi connectivity index (χ2v) is 7.73. The predicted octanol–water partition coefficient (Wildman–Crippen LogP) is 5.23. The Hall–Kier alpha value is -4.26. The lowest BCUT2D eigenvalue weighted by Gasteiger charge is -2.11. The number of carbonyl (C=O) groups is 1. The molecule has 5 rings (SSSR count). The zero-order chi connectivity index (χ0) is 22.2. The lowest BCUT2D eigenvalue weighted by molar-refractivity contribution is 0.102. The molecule has 7 nitrogen and oxygen atoms in total. The molecule has 7 heteroatoms. The zero-order valence-corrected chi connectivity index (χ0v) is 18.0. The molecule has 2 aromatic carbocycles. The Kier molecular flexibility index (Phi) is 4.78. The van der Waals surface area contributed by atoms with Crippen molar-refractivity contribution in [2.24, 2.45) is 0 Å². The number of amides is 1. The smallest absolute Gasteiger partial charge is 0.274 e. The molecule has 1 N–H and O–H groups in total. The lowest BCUT2D eigenvalue weighted by atomic mass is 10.0. The number of aryl methyl sites for hydroxylation is 3. The summed E-state index contributed by atoms with van der Waals surface area (Å²) in [5.74, 6) is 0.723. The van der Waals surface area contributed by atoms with Crippen molar-refractivity contribution in [2.45, 2.75) is 20.8 Å². The molecule has 0 saturated carbocycles. The molecule has 5 aromatic rings. The van der Waals surface area contributed by atoms with Crippen LogP contribution in [0.4, 0.5) is 5.69 Å². The first kappa shape index (κ1) is 19.7. The number of nitrogens with one attached hydrogen (secondary N) is 1. The molecule has 0 aliphatic rings. The fourth-order valence-corrected chi connectivity index (χ4v) is 3.70. The van der Waals surface area contributed by atoms with E-state index >= 15 is 0 Å². The van der Waals surface area contributed by atoms with Gasteiger partial charge in [-0.15, -0.1) is 0 Å². The van der Waals surface area contributed by atoms with Gasteiger partial charge in [0.1, 0.15) is 11.3 Å². The molecule has 158 valence electrons. The third kappa shape index (κ3) is 3.54. The minimum Gasteiger partial charge on any atom is -0.339 e. The number of fused-ring (bicyclic) bond motifs is 1. The van der Waals surface area contributed by atoms with Crippen LogP contribution in [0.3, 0.4) is 0 Å². The summed E-state index contributed by atoms with van der Waals surface area (Å²) in [5.41, 5.74) is 6.85. The maximum Gasteiger partial charge on any atom is 0.274 e. The van der Waals surface area contributed by atoms with E-state index in [1.807, 2.05) is 60.0 Å².